The Balaban J connectivity index is 0.00000304. The first-order valence-corrected chi connectivity index (χ1v) is 13.1. The van der Waals surface area contributed by atoms with E-state index in [1.165, 1.54) is 0 Å². The van der Waals surface area contributed by atoms with Gasteiger partial charge in [0.25, 0.3) is 0 Å². The fourth-order valence-corrected chi connectivity index (χ4v) is 5.81. The summed E-state index contributed by atoms with van der Waals surface area (Å²) < 4.78 is 38.7. The molecular weight excluding hydrogens is 464 g/mol. The third-order valence-electron chi connectivity index (χ3n) is 6.26. The van der Waals surface area contributed by atoms with E-state index < -0.39 is 21.0 Å². The van der Waals surface area contributed by atoms with Crippen molar-refractivity contribution < 1.29 is 24.1 Å². The van der Waals surface area contributed by atoms with Crippen LogP contribution in [0.5, 0.6) is 11.5 Å². The first kappa shape index (κ1) is 23.5. The lowest BCUT2D eigenvalue weighted by molar-refractivity contribution is -0.120. The summed E-state index contributed by atoms with van der Waals surface area (Å²) in [4.78, 5) is 18.2. The van der Waals surface area contributed by atoms with Crippen LogP contribution in [0.25, 0.3) is 11.3 Å². The predicted octanol–water partition coefficient (Wildman–Crippen LogP) is 4.64. The Morgan fingerprint density at radius 2 is 1.74 bits per heavy atom. The van der Waals surface area contributed by atoms with Crippen LogP contribution in [0.15, 0.2) is 65.6 Å². The van der Waals surface area contributed by atoms with Crippen molar-refractivity contribution in [3.63, 3.8) is 0 Å². The number of hydrogen-bond acceptors (Lipinski definition) is 6. The molecule has 0 radical (unpaired) electrons. The number of nitrogens with zero attached hydrogens (tertiary/aromatic N) is 1. The van der Waals surface area contributed by atoms with E-state index in [1.807, 2.05) is 36.4 Å². The Labute approximate surface area is 207 Å². The predicted molar refractivity (Wildman–Crippen MR) is 134 cm³/mol. The highest BCUT2D eigenvalue weighted by Crippen LogP contribution is 2.51. The zero-order valence-electron chi connectivity index (χ0n) is 20.0. The van der Waals surface area contributed by atoms with Crippen molar-refractivity contribution >= 4 is 15.8 Å². The van der Waals surface area contributed by atoms with Gasteiger partial charge in [0.1, 0.15) is 5.78 Å². The van der Waals surface area contributed by atoms with Crippen molar-refractivity contribution in [2.75, 3.05) is 6.79 Å². The molecule has 1 N–H and O–H groups in total. The molecule has 1 fully saturated rings. The molecule has 2 heterocycles. The average Bonchev–Trinajstić information content (AvgIpc) is 3.49. The summed E-state index contributed by atoms with van der Waals surface area (Å²) in [6.07, 6.45) is 1.84. The molecule has 2 aliphatic rings. The van der Waals surface area contributed by atoms with Crippen LogP contribution in [0.1, 0.15) is 46.3 Å². The van der Waals surface area contributed by atoms with Crippen LogP contribution in [-0.4, -0.2) is 31.5 Å². The maximum atomic E-state index is 13.3. The number of nitrogens with one attached hydrogen (secondary N) is 1. The standard InChI is InChI=1S/C27H28N2O5S.H2/c1-26(2,3)29-35(31,32)21-10-7-18(8-11-21)22-6-4-5-20(28-22)16-25(30)27(13-14-27)19-9-12-23-24(15-19)34-17-33-23;/h4-12,15,29H,13-14,16-17H2,1-3H3;1H. The lowest BCUT2D eigenvalue weighted by Gasteiger charge is -2.20. The number of pyridine rings is 1. The summed E-state index contributed by atoms with van der Waals surface area (Å²) in [5, 5.41) is 0. The second-order valence-electron chi connectivity index (χ2n) is 10.1. The number of fused-ring (bicyclic) bond motifs is 1. The summed E-state index contributed by atoms with van der Waals surface area (Å²) in [5.41, 5.74) is 2.06. The van der Waals surface area contributed by atoms with E-state index >= 15 is 0 Å². The first-order chi connectivity index (χ1) is 16.6. The van der Waals surface area contributed by atoms with E-state index in [1.54, 1.807) is 45.0 Å². The Kier molecular flexibility index (Phi) is 5.68. The smallest absolute Gasteiger partial charge is 0.241 e. The number of ketones is 1. The zero-order valence-corrected chi connectivity index (χ0v) is 20.8. The Bertz CT molecular complexity index is 1390. The van der Waals surface area contributed by atoms with E-state index in [9.17, 15) is 13.2 Å². The van der Waals surface area contributed by atoms with Gasteiger partial charge in [0.2, 0.25) is 16.8 Å². The number of benzene rings is 2. The molecule has 1 aliphatic carbocycles. The maximum Gasteiger partial charge on any atom is 0.241 e. The number of sulfonamides is 1. The zero-order chi connectivity index (χ0) is 24.8. The molecule has 3 aromatic rings. The highest BCUT2D eigenvalue weighted by atomic mass is 32.2. The molecule has 7 nitrogen and oxygen atoms in total. The number of carbonyl (C=O) groups excluding carboxylic acids is 1. The van der Waals surface area contributed by atoms with Gasteiger partial charge in [-0.05, 0) is 75.6 Å². The molecule has 0 bridgehead atoms. The quantitative estimate of drug-likeness (QED) is 0.514. The second kappa shape index (κ2) is 8.46. The third kappa shape index (κ3) is 4.81. The summed E-state index contributed by atoms with van der Waals surface area (Å²) >= 11 is 0. The average molecular weight is 495 g/mol. The van der Waals surface area contributed by atoms with Crippen LogP contribution in [-0.2, 0) is 26.7 Å². The Morgan fingerprint density at radius 1 is 1.03 bits per heavy atom. The van der Waals surface area contributed by atoms with Crippen molar-refractivity contribution in [1.29, 1.82) is 0 Å². The van der Waals surface area contributed by atoms with Crippen molar-refractivity contribution in [2.24, 2.45) is 0 Å². The van der Waals surface area contributed by atoms with Crippen LogP contribution in [0.3, 0.4) is 0 Å². The molecule has 0 saturated heterocycles. The Morgan fingerprint density at radius 3 is 2.43 bits per heavy atom. The lowest BCUT2D eigenvalue weighted by atomic mass is 9.88. The molecule has 1 aliphatic heterocycles. The molecule has 0 spiro atoms. The van der Waals surface area contributed by atoms with Gasteiger partial charge >= 0.3 is 0 Å². The highest BCUT2D eigenvalue weighted by Gasteiger charge is 2.51. The number of Topliss-reactive ketones (excluding diaryl/α,β-unsaturated/α-hetero) is 1. The summed E-state index contributed by atoms with van der Waals surface area (Å²) in [6, 6.07) is 17.9. The molecule has 184 valence electrons. The lowest BCUT2D eigenvalue weighted by Crippen LogP contribution is -2.40. The van der Waals surface area contributed by atoms with Gasteiger partial charge in [0.15, 0.2) is 11.5 Å². The first-order valence-electron chi connectivity index (χ1n) is 11.6. The SMILES string of the molecule is CC(C)(C)NS(=O)(=O)c1ccc(-c2cccc(CC(=O)C3(c4ccc5c(c4)OCO5)CC3)n2)cc1.[HH]. The number of rotatable bonds is 7. The topological polar surface area (TPSA) is 94.6 Å². The van der Waals surface area contributed by atoms with Crippen molar-refractivity contribution in [1.82, 2.24) is 9.71 Å². The van der Waals surface area contributed by atoms with Crippen LogP contribution >= 0.6 is 0 Å². The van der Waals surface area contributed by atoms with Gasteiger partial charge in [0, 0.05) is 24.6 Å². The van der Waals surface area contributed by atoms with Crippen molar-refractivity contribution in [3.05, 3.63) is 71.9 Å². The molecule has 0 unspecified atom stereocenters. The fourth-order valence-electron chi connectivity index (χ4n) is 4.39. The van der Waals surface area contributed by atoms with Gasteiger partial charge in [0.05, 0.1) is 16.0 Å². The maximum absolute atomic E-state index is 13.3. The van der Waals surface area contributed by atoms with E-state index in [-0.39, 0.29) is 25.3 Å². The molecule has 1 saturated carbocycles. The largest absolute Gasteiger partial charge is 0.454 e. The molecule has 1 aromatic heterocycles. The molecule has 0 amide bonds. The number of carbonyl (C=O) groups is 1. The molecule has 8 heteroatoms. The molecule has 5 rings (SSSR count). The van der Waals surface area contributed by atoms with Crippen molar-refractivity contribution in [3.8, 4) is 22.8 Å². The highest BCUT2D eigenvalue weighted by molar-refractivity contribution is 7.89. The van der Waals surface area contributed by atoms with Crippen LogP contribution < -0.4 is 14.2 Å². The van der Waals surface area contributed by atoms with Crippen molar-refractivity contribution in [2.45, 2.75) is 55.9 Å². The minimum absolute atomic E-state index is 0. The normalized spacial score (nSPS) is 16.2. The van der Waals surface area contributed by atoms with Gasteiger partial charge in [-0.15, -0.1) is 0 Å². The minimum Gasteiger partial charge on any atom is -0.454 e. The van der Waals surface area contributed by atoms with Gasteiger partial charge in [-0.25, -0.2) is 13.1 Å². The molecular formula is C27H30N2O5S. The third-order valence-corrected chi connectivity index (χ3v) is 8.03. The van der Waals surface area contributed by atoms with Crippen LogP contribution in [0, 0.1) is 0 Å². The van der Waals surface area contributed by atoms with E-state index in [4.69, 9.17) is 14.5 Å². The summed E-state index contributed by atoms with van der Waals surface area (Å²) in [7, 11) is -3.61. The fraction of sp³-hybridized carbons (Fsp3) is 0.333. The second-order valence-corrected chi connectivity index (χ2v) is 11.8. The molecule has 35 heavy (non-hydrogen) atoms. The van der Waals surface area contributed by atoms with E-state index in [0.29, 0.717) is 22.9 Å². The molecule has 0 atom stereocenters. The number of hydrogen-bond donors (Lipinski definition) is 1. The Hall–Kier alpha value is -3.23. The van der Waals surface area contributed by atoms with Crippen LogP contribution in [0.4, 0.5) is 0 Å². The van der Waals surface area contributed by atoms with Gasteiger partial charge in [-0.1, -0.05) is 24.3 Å². The van der Waals surface area contributed by atoms with E-state index in [2.05, 4.69) is 4.72 Å². The van der Waals surface area contributed by atoms with Crippen LogP contribution in [0.2, 0.25) is 0 Å². The number of ether oxygens (including phenoxy) is 2. The van der Waals surface area contributed by atoms with Gasteiger partial charge in [-0.2, -0.15) is 0 Å². The molecule has 2 aromatic carbocycles. The minimum atomic E-state index is -3.61. The van der Waals surface area contributed by atoms with E-state index in [0.717, 1.165) is 24.0 Å². The summed E-state index contributed by atoms with van der Waals surface area (Å²) in [5.74, 6) is 1.53. The monoisotopic (exact) mass is 494 g/mol. The van der Waals surface area contributed by atoms with Gasteiger partial charge < -0.3 is 9.47 Å². The summed E-state index contributed by atoms with van der Waals surface area (Å²) in [6.45, 7) is 5.60. The number of aromatic nitrogens is 1. The van der Waals surface area contributed by atoms with Gasteiger partial charge in [-0.3, -0.25) is 9.78 Å².